The number of hydrogen-bond donors (Lipinski definition) is 1. The maximum absolute atomic E-state index is 12.7. The number of aryl methyl sites for hydroxylation is 1. The first-order valence-corrected chi connectivity index (χ1v) is 8.78. The van der Waals surface area contributed by atoms with E-state index >= 15 is 0 Å². The van der Waals surface area contributed by atoms with Crippen LogP contribution in [0.3, 0.4) is 0 Å². The van der Waals surface area contributed by atoms with Crippen LogP contribution in [0.25, 0.3) is 0 Å². The molecule has 0 atom stereocenters. The number of sulfonamides is 1. The van der Waals surface area contributed by atoms with Crippen molar-refractivity contribution in [3.8, 4) is 0 Å². The molecule has 0 bridgehead atoms. The average molecular weight is 335 g/mol. The number of carboxylic acid groups (broad SMARTS) is 1. The van der Waals surface area contributed by atoms with E-state index in [2.05, 4.69) is 0 Å². The zero-order chi connectivity index (χ0) is 16.2. The molecule has 6 nitrogen and oxygen atoms in total. The van der Waals surface area contributed by atoms with Crippen LogP contribution in [0, 0.1) is 12.8 Å². The number of thiophene rings is 1. The van der Waals surface area contributed by atoms with Crippen molar-refractivity contribution in [2.75, 3.05) is 26.8 Å². The molecule has 0 fully saturated rings. The molecule has 0 aliphatic heterocycles. The van der Waals surface area contributed by atoms with Crippen LogP contribution in [0.5, 0.6) is 0 Å². The van der Waals surface area contributed by atoms with Crippen LogP contribution in [0.2, 0.25) is 0 Å². The van der Waals surface area contributed by atoms with E-state index in [1.54, 1.807) is 6.92 Å². The van der Waals surface area contributed by atoms with E-state index in [-0.39, 0.29) is 22.2 Å². The van der Waals surface area contributed by atoms with E-state index in [9.17, 15) is 13.2 Å². The van der Waals surface area contributed by atoms with Gasteiger partial charge in [-0.05, 0) is 18.9 Å². The fourth-order valence-electron chi connectivity index (χ4n) is 1.88. The molecule has 0 radical (unpaired) electrons. The van der Waals surface area contributed by atoms with Gasteiger partial charge >= 0.3 is 5.97 Å². The highest BCUT2D eigenvalue weighted by atomic mass is 32.2. The molecule has 8 heteroatoms. The standard InChI is InChI=1S/C13H21NO5S2/c1-9(2)8-14(5-6-19-4)21(17,18)12-7-11(13(15)16)20-10(12)3/h7,9H,5-6,8H2,1-4H3,(H,15,16). The van der Waals surface area contributed by atoms with E-state index in [1.165, 1.54) is 17.5 Å². The lowest BCUT2D eigenvalue weighted by Crippen LogP contribution is -2.36. The number of ether oxygens (including phenoxy) is 1. The van der Waals surface area contributed by atoms with Crippen LogP contribution in [0.4, 0.5) is 0 Å². The first-order chi connectivity index (χ1) is 9.70. The molecule has 1 aromatic rings. The quantitative estimate of drug-likeness (QED) is 0.786. The number of carboxylic acids is 1. The van der Waals surface area contributed by atoms with E-state index < -0.39 is 16.0 Å². The fourth-order valence-corrected chi connectivity index (χ4v) is 4.86. The lowest BCUT2D eigenvalue weighted by molar-refractivity contribution is 0.0702. The second-order valence-corrected chi connectivity index (χ2v) is 8.25. The zero-order valence-corrected chi connectivity index (χ0v) is 14.3. The van der Waals surface area contributed by atoms with Crippen LogP contribution in [-0.2, 0) is 14.8 Å². The van der Waals surface area contributed by atoms with Crippen molar-refractivity contribution >= 4 is 27.3 Å². The van der Waals surface area contributed by atoms with Crippen molar-refractivity contribution in [1.82, 2.24) is 4.31 Å². The Kier molecular flexibility index (Phi) is 6.33. The molecule has 21 heavy (non-hydrogen) atoms. The Morgan fingerprint density at radius 3 is 2.52 bits per heavy atom. The van der Waals surface area contributed by atoms with E-state index in [1.807, 2.05) is 13.8 Å². The summed E-state index contributed by atoms with van der Waals surface area (Å²) in [5.74, 6) is -0.952. The monoisotopic (exact) mass is 335 g/mol. The second-order valence-electron chi connectivity index (χ2n) is 5.09. The minimum absolute atomic E-state index is 0.0299. The molecule has 120 valence electrons. The Morgan fingerprint density at radius 2 is 2.10 bits per heavy atom. The van der Waals surface area contributed by atoms with Gasteiger partial charge in [0, 0.05) is 25.1 Å². The molecule has 0 aliphatic rings. The lowest BCUT2D eigenvalue weighted by atomic mass is 10.2. The molecule has 0 unspecified atom stereocenters. The molecule has 0 spiro atoms. The molecular formula is C13H21NO5S2. The van der Waals surface area contributed by atoms with Gasteiger partial charge in [-0.15, -0.1) is 11.3 Å². The van der Waals surface area contributed by atoms with Gasteiger partial charge < -0.3 is 9.84 Å². The Hall–Kier alpha value is -0.960. The first-order valence-electron chi connectivity index (χ1n) is 6.53. The highest BCUT2D eigenvalue weighted by Crippen LogP contribution is 2.28. The largest absolute Gasteiger partial charge is 0.477 e. The molecule has 0 amide bonds. The highest BCUT2D eigenvalue weighted by Gasteiger charge is 2.29. The zero-order valence-electron chi connectivity index (χ0n) is 12.6. The smallest absolute Gasteiger partial charge is 0.345 e. The molecule has 0 aliphatic carbocycles. The van der Waals surface area contributed by atoms with Gasteiger partial charge in [-0.1, -0.05) is 13.8 Å². The van der Waals surface area contributed by atoms with Gasteiger partial charge in [-0.2, -0.15) is 4.31 Å². The summed E-state index contributed by atoms with van der Waals surface area (Å²) >= 11 is 0.973. The number of carbonyl (C=O) groups is 1. The van der Waals surface area contributed by atoms with Crippen LogP contribution in [0.15, 0.2) is 11.0 Å². The Labute approximate surface area is 129 Å². The summed E-state index contributed by atoms with van der Waals surface area (Å²) in [5, 5.41) is 9.00. The topological polar surface area (TPSA) is 83.9 Å². The maximum atomic E-state index is 12.7. The van der Waals surface area contributed by atoms with Crippen LogP contribution in [0.1, 0.15) is 28.4 Å². The third-order valence-electron chi connectivity index (χ3n) is 2.81. The number of aromatic carboxylic acids is 1. The third-order valence-corrected chi connectivity index (χ3v) is 5.97. The Balaban J connectivity index is 3.18. The molecule has 1 heterocycles. The second kappa shape index (κ2) is 7.35. The van der Waals surface area contributed by atoms with Gasteiger partial charge in [-0.25, -0.2) is 13.2 Å². The van der Waals surface area contributed by atoms with E-state index in [0.717, 1.165) is 11.3 Å². The third kappa shape index (κ3) is 4.50. The average Bonchev–Trinajstić information content (AvgIpc) is 2.77. The molecule has 0 aromatic carbocycles. The van der Waals surface area contributed by atoms with Crippen LogP contribution < -0.4 is 0 Å². The Bertz CT molecular complexity index is 592. The van der Waals surface area contributed by atoms with Crippen LogP contribution >= 0.6 is 11.3 Å². The Morgan fingerprint density at radius 1 is 1.48 bits per heavy atom. The van der Waals surface area contributed by atoms with E-state index in [0.29, 0.717) is 18.0 Å². The van der Waals surface area contributed by atoms with Crippen molar-refractivity contribution in [3.63, 3.8) is 0 Å². The number of nitrogens with zero attached hydrogens (tertiary/aromatic N) is 1. The summed E-state index contributed by atoms with van der Waals surface area (Å²) in [4.78, 5) is 11.6. The predicted octanol–water partition coefficient (Wildman–Crippen LogP) is 2.05. The summed E-state index contributed by atoms with van der Waals surface area (Å²) in [6.07, 6.45) is 0. The fraction of sp³-hybridized carbons (Fsp3) is 0.615. The summed E-state index contributed by atoms with van der Waals surface area (Å²) < 4.78 is 31.7. The number of hydrogen-bond acceptors (Lipinski definition) is 5. The van der Waals surface area contributed by atoms with E-state index in [4.69, 9.17) is 9.84 Å². The minimum Gasteiger partial charge on any atom is -0.477 e. The molecular weight excluding hydrogens is 314 g/mol. The SMILES string of the molecule is COCCN(CC(C)C)S(=O)(=O)c1cc(C(=O)O)sc1C. The molecule has 1 rings (SSSR count). The summed E-state index contributed by atoms with van der Waals surface area (Å²) in [7, 11) is -2.20. The van der Waals surface area contributed by atoms with Crippen molar-refractivity contribution < 1.29 is 23.1 Å². The minimum atomic E-state index is -3.71. The van der Waals surface area contributed by atoms with Crippen molar-refractivity contribution in [2.45, 2.75) is 25.7 Å². The van der Waals surface area contributed by atoms with Crippen molar-refractivity contribution in [1.29, 1.82) is 0 Å². The lowest BCUT2D eigenvalue weighted by Gasteiger charge is -2.23. The summed E-state index contributed by atoms with van der Waals surface area (Å²) in [6, 6.07) is 1.23. The van der Waals surface area contributed by atoms with Gasteiger partial charge in [0.2, 0.25) is 10.0 Å². The van der Waals surface area contributed by atoms with Crippen LogP contribution in [-0.4, -0.2) is 50.6 Å². The highest BCUT2D eigenvalue weighted by molar-refractivity contribution is 7.89. The van der Waals surface area contributed by atoms with Gasteiger partial charge in [0.25, 0.3) is 0 Å². The van der Waals surface area contributed by atoms with Gasteiger partial charge in [0.1, 0.15) is 4.88 Å². The first kappa shape index (κ1) is 18.1. The normalized spacial score (nSPS) is 12.3. The molecule has 1 aromatic heterocycles. The van der Waals surface area contributed by atoms with Crippen molar-refractivity contribution in [3.05, 3.63) is 15.8 Å². The maximum Gasteiger partial charge on any atom is 0.345 e. The molecule has 0 saturated carbocycles. The molecule has 0 saturated heterocycles. The van der Waals surface area contributed by atoms with Gasteiger partial charge in [0.15, 0.2) is 0 Å². The van der Waals surface area contributed by atoms with Crippen molar-refractivity contribution in [2.24, 2.45) is 5.92 Å². The number of rotatable bonds is 8. The molecule has 1 N–H and O–H groups in total. The number of methoxy groups -OCH3 is 1. The summed E-state index contributed by atoms with van der Waals surface area (Å²) in [5.41, 5.74) is 0. The predicted molar refractivity (Wildman–Crippen MR) is 81.5 cm³/mol. The van der Waals surface area contributed by atoms with Gasteiger partial charge in [-0.3, -0.25) is 0 Å². The summed E-state index contributed by atoms with van der Waals surface area (Å²) in [6.45, 7) is 6.38. The van der Waals surface area contributed by atoms with Gasteiger partial charge in [0.05, 0.1) is 11.5 Å².